The number of alkyl halides is 1. The molecule has 0 atom stereocenters. The van der Waals surface area contributed by atoms with E-state index < -0.39 is 5.60 Å². The fourth-order valence-electron chi connectivity index (χ4n) is 0.763. The number of aromatic nitrogens is 1. The predicted molar refractivity (Wildman–Crippen MR) is 49.9 cm³/mol. The largest absolute Gasteiger partial charge is 0.382 e. The Bertz CT molecular complexity index is 313. The molecule has 0 saturated heterocycles. The van der Waals surface area contributed by atoms with Crippen LogP contribution in [0.2, 0.25) is 0 Å². The monoisotopic (exact) mass is 247 g/mol. The Kier molecular flexibility index (Phi) is 2.87. The summed E-state index contributed by atoms with van der Waals surface area (Å²) in [5.41, 5.74) is -0.869. The number of carbonyl (C=O) groups excluding carboxylic acids is 1. The maximum Gasteiger partial charge on any atom is 0.195 e. The van der Waals surface area contributed by atoms with Gasteiger partial charge in [-0.2, -0.15) is 0 Å². The fourth-order valence-corrected chi connectivity index (χ4v) is 1.05. The Hall–Kier alpha value is -0.680. The first-order valence-electron chi connectivity index (χ1n) is 3.74. The van der Waals surface area contributed by atoms with E-state index in [-0.39, 0.29) is 22.6 Å². The Morgan fingerprint density at radius 1 is 1.77 bits per heavy atom. The number of nitrogens with zero attached hydrogens (tertiary/aromatic N) is 1. The Balaban J connectivity index is 2.93. The summed E-state index contributed by atoms with van der Waals surface area (Å²) in [7, 11) is 0. The molecule has 0 aliphatic heterocycles. The van der Waals surface area contributed by atoms with Crippen molar-refractivity contribution >= 4 is 21.7 Å². The van der Waals surface area contributed by atoms with E-state index in [9.17, 15) is 9.90 Å². The Labute approximate surface area is 84.0 Å². The normalized spacial score (nSPS) is 11.7. The maximum atomic E-state index is 11.1. The molecule has 0 amide bonds. The van der Waals surface area contributed by atoms with Gasteiger partial charge in [-0.1, -0.05) is 21.1 Å². The van der Waals surface area contributed by atoms with Gasteiger partial charge in [-0.15, -0.1) is 0 Å². The smallest absolute Gasteiger partial charge is 0.195 e. The summed E-state index contributed by atoms with van der Waals surface area (Å²) in [6.07, 6.45) is 0. The average molecular weight is 248 g/mol. The van der Waals surface area contributed by atoms with E-state index in [0.717, 1.165) is 0 Å². The lowest BCUT2D eigenvalue weighted by atomic mass is 10.1. The molecule has 1 heterocycles. The number of hydrogen-bond donors (Lipinski definition) is 1. The first kappa shape index (κ1) is 10.4. The fraction of sp³-hybridized carbons (Fsp3) is 0.500. The number of hydrogen-bond acceptors (Lipinski definition) is 4. The molecule has 1 aromatic heterocycles. The van der Waals surface area contributed by atoms with Crippen molar-refractivity contribution in [3.8, 4) is 0 Å². The van der Waals surface area contributed by atoms with Crippen LogP contribution in [0, 0.1) is 0 Å². The van der Waals surface area contributed by atoms with Gasteiger partial charge < -0.3 is 9.63 Å². The maximum absolute atomic E-state index is 11.1. The molecule has 13 heavy (non-hydrogen) atoms. The molecule has 1 aromatic rings. The van der Waals surface area contributed by atoms with Crippen molar-refractivity contribution in [2.45, 2.75) is 19.4 Å². The van der Waals surface area contributed by atoms with Crippen LogP contribution >= 0.6 is 15.9 Å². The van der Waals surface area contributed by atoms with E-state index in [1.807, 2.05) is 0 Å². The molecule has 1 rings (SSSR count). The van der Waals surface area contributed by atoms with Gasteiger partial charge in [0.1, 0.15) is 5.60 Å². The Morgan fingerprint density at radius 2 is 2.38 bits per heavy atom. The Morgan fingerprint density at radius 3 is 2.77 bits per heavy atom. The van der Waals surface area contributed by atoms with Crippen LogP contribution in [0.15, 0.2) is 10.6 Å². The van der Waals surface area contributed by atoms with Gasteiger partial charge in [0.25, 0.3) is 0 Å². The standard InChI is InChI=1S/C8H10BrNO3/c1-8(2,12)7-3-5(10-13-7)6(11)4-9/h3,12H,4H2,1-2H3. The minimum atomic E-state index is -1.10. The highest BCUT2D eigenvalue weighted by molar-refractivity contribution is 9.09. The molecule has 0 spiro atoms. The van der Waals surface area contributed by atoms with E-state index in [2.05, 4.69) is 21.1 Å². The summed E-state index contributed by atoms with van der Waals surface area (Å²) in [6.45, 7) is 3.13. The van der Waals surface area contributed by atoms with Crippen LogP contribution in [0.3, 0.4) is 0 Å². The zero-order valence-electron chi connectivity index (χ0n) is 7.37. The molecule has 0 unspecified atom stereocenters. The van der Waals surface area contributed by atoms with Crippen molar-refractivity contribution in [1.82, 2.24) is 5.16 Å². The molecule has 4 nitrogen and oxygen atoms in total. The molecular weight excluding hydrogens is 238 g/mol. The SMILES string of the molecule is CC(C)(O)c1cc(C(=O)CBr)no1. The van der Waals surface area contributed by atoms with Crippen LogP contribution < -0.4 is 0 Å². The summed E-state index contributed by atoms with van der Waals surface area (Å²) >= 11 is 3.02. The first-order chi connectivity index (χ1) is 5.95. The second-order valence-electron chi connectivity index (χ2n) is 3.19. The number of rotatable bonds is 3. The molecule has 0 aliphatic rings. The van der Waals surface area contributed by atoms with Gasteiger partial charge in [-0.3, -0.25) is 4.79 Å². The molecule has 0 aliphatic carbocycles. The third-order valence-electron chi connectivity index (χ3n) is 1.52. The average Bonchev–Trinajstić information content (AvgIpc) is 2.50. The molecule has 0 saturated carbocycles. The summed E-state index contributed by atoms with van der Waals surface area (Å²) in [5.74, 6) is 0.121. The van der Waals surface area contributed by atoms with Gasteiger partial charge in [0, 0.05) is 6.07 Å². The molecule has 0 bridgehead atoms. The van der Waals surface area contributed by atoms with E-state index in [0.29, 0.717) is 0 Å². The zero-order valence-corrected chi connectivity index (χ0v) is 8.96. The van der Waals surface area contributed by atoms with Crippen LogP contribution in [0.1, 0.15) is 30.1 Å². The zero-order chi connectivity index (χ0) is 10.1. The minimum absolute atomic E-state index is 0.167. The lowest BCUT2D eigenvalue weighted by Crippen LogP contribution is -2.14. The molecule has 1 N–H and O–H groups in total. The second-order valence-corrected chi connectivity index (χ2v) is 3.75. The third kappa shape index (κ3) is 2.38. The van der Waals surface area contributed by atoms with Crippen LogP contribution in [0.25, 0.3) is 0 Å². The van der Waals surface area contributed by atoms with Crippen molar-refractivity contribution < 1.29 is 14.4 Å². The molecular formula is C8H10BrNO3. The number of Topliss-reactive ketones (excluding diaryl/α,β-unsaturated/α-hetero) is 1. The van der Waals surface area contributed by atoms with Gasteiger partial charge >= 0.3 is 0 Å². The van der Waals surface area contributed by atoms with Gasteiger partial charge in [0.2, 0.25) is 0 Å². The highest BCUT2D eigenvalue weighted by Gasteiger charge is 2.23. The van der Waals surface area contributed by atoms with Crippen LogP contribution in [-0.4, -0.2) is 21.4 Å². The van der Waals surface area contributed by atoms with Crippen molar-refractivity contribution in [2.75, 3.05) is 5.33 Å². The number of halogens is 1. The lowest BCUT2D eigenvalue weighted by Gasteiger charge is -2.10. The summed E-state index contributed by atoms with van der Waals surface area (Å²) in [5, 5.41) is 13.2. The van der Waals surface area contributed by atoms with Gasteiger partial charge in [0.15, 0.2) is 17.2 Å². The highest BCUT2D eigenvalue weighted by atomic mass is 79.9. The van der Waals surface area contributed by atoms with E-state index in [1.165, 1.54) is 6.07 Å². The molecule has 0 fully saturated rings. The minimum Gasteiger partial charge on any atom is -0.382 e. The molecule has 72 valence electrons. The van der Waals surface area contributed by atoms with E-state index >= 15 is 0 Å². The quantitative estimate of drug-likeness (QED) is 0.650. The van der Waals surface area contributed by atoms with Gasteiger partial charge in [-0.25, -0.2) is 0 Å². The van der Waals surface area contributed by atoms with Crippen molar-refractivity contribution in [3.05, 3.63) is 17.5 Å². The molecule has 0 radical (unpaired) electrons. The third-order valence-corrected chi connectivity index (χ3v) is 2.03. The van der Waals surface area contributed by atoms with Gasteiger partial charge in [0.05, 0.1) is 5.33 Å². The van der Waals surface area contributed by atoms with Crippen molar-refractivity contribution in [3.63, 3.8) is 0 Å². The number of carbonyl (C=O) groups is 1. The predicted octanol–water partition coefficient (Wildman–Crippen LogP) is 1.48. The summed E-state index contributed by atoms with van der Waals surface area (Å²) < 4.78 is 4.81. The lowest BCUT2D eigenvalue weighted by molar-refractivity contribution is 0.0474. The topological polar surface area (TPSA) is 63.3 Å². The van der Waals surface area contributed by atoms with Gasteiger partial charge in [-0.05, 0) is 13.8 Å². The van der Waals surface area contributed by atoms with E-state index in [1.54, 1.807) is 13.8 Å². The summed E-state index contributed by atoms with van der Waals surface area (Å²) in [4.78, 5) is 11.1. The van der Waals surface area contributed by atoms with Crippen LogP contribution in [0.4, 0.5) is 0 Å². The van der Waals surface area contributed by atoms with Crippen molar-refractivity contribution in [2.24, 2.45) is 0 Å². The molecule has 5 heteroatoms. The summed E-state index contributed by atoms with van der Waals surface area (Å²) in [6, 6.07) is 1.45. The van der Waals surface area contributed by atoms with E-state index in [4.69, 9.17) is 4.52 Å². The van der Waals surface area contributed by atoms with Crippen LogP contribution in [0.5, 0.6) is 0 Å². The second kappa shape index (κ2) is 3.59. The number of aliphatic hydroxyl groups is 1. The van der Waals surface area contributed by atoms with Crippen molar-refractivity contribution in [1.29, 1.82) is 0 Å². The number of ketones is 1. The highest BCUT2D eigenvalue weighted by Crippen LogP contribution is 2.20. The first-order valence-corrected chi connectivity index (χ1v) is 4.86. The molecule has 0 aromatic carbocycles. The van der Waals surface area contributed by atoms with Crippen LogP contribution in [-0.2, 0) is 5.60 Å².